The standard InChI is InChI=1S/C18H22N4O5S2/c1-2-14-17(28-20-19-14)18(23)21-6-8-22(9-7-21)29(24,25)13-4-5-15-16(12-13)27-11-3-10-26-15/h4-5,12H,2-3,6-11H2,1H3. The Kier molecular flexibility index (Phi) is 5.70. The van der Waals surface area contributed by atoms with Crippen molar-refractivity contribution >= 4 is 27.5 Å². The molecule has 1 saturated heterocycles. The number of hydrogen-bond acceptors (Lipinski definition) is 8. The Morgan fingerprint density at radius 1 is 1.14 bits per heavy atom. The molecule has 0 N–H and O–H groups in total. The Hall–Kier alpha value is -2.24. The molecule has 1 amide bonds. The number of sulfonamides is 1. The van der Waals surface area contributed by atoms with E-state index in [0.717, 1.165) is 18.0 Å². The van der Waals surface area contributed by atoms with E-state index in [0.29, 0.717) is 54.8 Å². The minimum atomic E-state index is -3.69. The van der Waals surface area contributed by atoms with Gasteiger partial charge in [-0.2, -0.15) is 4.31 Å². The van der Waals surface area contributed by atoms with Crippen LogP contribution in [0.2, 0.25) is 0 Å². The summed E-state index contributed by atoms with van der Waals surface area (Å²) in [6, 6.07) is 4.69. The number of nitrogens with zero attached hydrogens (tertiary/aromatic N) is 4. The summed E-state index contributed by atoms with van der Waals surface area (Å²) in [5.41, 5.74) is 0.683. The summed E-state index contributed by atoms with van der Waals surface area (Å²) in [6.45, 7) is 4.07. The first-order chi connectivity index (χ1) is 14.0. The minimum absolute atomic E-state index is 0.135. The van der Waals surface area contributed by atoms with Gasteiger partial charge in [0, 0.05) is 38.7 Å². The summed E-state index contributed by atoms with van der Waals surface area (Å²) in [5, 5.41) is 3.98. The molecule has 156 valence electrons. The van der Waals surface area contributed by atoms with E-state index < -0.39 is 10.0 Å². The Bertz CT molecular complexity index is 999. The van der Waals surface area contributed by atoms with Gasteiger partial charge in [-0.1, -0.05) is 11.4 Å². The fourth-order valence-corrected chi connectivity index (χ4v) is 5.49. The molecule has 2 aliphatic rings. The van der Waals surface area contributed by atoms with E-state index in [-0.39, 0.29) is 23.9 Å². The Morgan fingerprint density at radius 2 is 1.86 bits per heavy atom. The number of fused-ring (bicyclic) bond motifs is 1. The molecule has 0 spiro atoms. The van der Waals surface area contributed by atoms with Crippen molar-refractivity contribution in [1.29, 1.82) is 0 Å². The fraction of sp³-hybridized carbons (Fsp3) is 0.500. The zero-order chi connectivity index (χ0) is 20.4. The number of ether oxygens (including phenoxy) is 2. The van der Waals surface area contributed by atoms with Crippen LogP contribution in [0.25, 0.3) is 0 Å². The van der Waals surface area contributed by atoms with E-state index in [1.165, 1.54) is 16.4 Å². The molecule has 1 aromatic heterocycles. The van der Waals surface area contributed by atoms with E-state index in [2.05, 4.69) is 9.59 Å². The van der Waals surface area contributed by atoms with Gasteiger partial charge >= 0.3 is 0 Å². The molecule has 2 aromatic rings. The molecule has 0 radical (unpaired) electrons. The summed E-state index contributed by atoms with van der Waals surface area (Å²) >= 11 is 1.08. The van der Waals surface area contributed by atoms with Gasteiger partial charge < -0.3 is 14.4 Å². The van der Waals surface area contributed by atoms with Crippen LogP contribution in [0.3, 0.4) is 0 Å². The van der Waals surface area contributed by atoms with E-state index in [9.17, 15) is 13.2 Å². The Balaban J connectivity index is 1.46. The molecule has 11 heteroatoms. The lowest BCUT2D eigenvalue weighted by molar-refractivity contribution is 0.0701. The molecule has 1 fully saturated rings. The number of piperazine rings is 1. The first kappa shape index (κ1) is 20.0. The molecule has 0 atom stereocenters. The van der Waals surface area contributed by atoms with Crippen molar-refractivity contribution in [1.82, 2.24) is 18.8 Å². The maximum atomic E-state index is 13.1. The molecule has 0 saturated carbocycles. The molecule has 29 heavy (non-hydrogen) atoms. The highest BCUT2D eigenvalue weighted by Gasteiger charge is 2.32. The van der Waals surface area contributed by atoms with Gasteiger partial charge in [0.25, 0.3) is 5.91 Å². The molecule has 9 nitrogen and oxygen atoms in total. The quantitative estimate of drug-likeness (QED) is 0.711. The summed E-state index contributed by atoms with van der Waals surface area (Å²) in [5.74, 6) is 0.869. The molecule has 1 aromatic carbocycles. The Labute approximate surface area is 173 Å². The number of carbonyl (C=O) groups excluding carboxylic acids is 1. The third-order valence-corrected chi connectivity index (χ3v) is 7.62. The van der Waals surface area contributed by atoms with Crippen molar-refractivity contribution in [2.45, 2.75) is 24.7 Å². The SMILES string of the molecule is CCc1nnsc1C(=O)N1CCN(S(=O)(=O)c2ccc3c(c2)OCCCO3)CC1. The van der Waals surface area contributed by atoms with Crippen molar-refractivity contribution in [2.75, 3.05) is 39.4 Å². The van der Waals surface area contributed by atoms with Crippen LogP contribution < -0.4 is 9.47 Å². The number of aryl methyl sites for hydroxylation is 1. The zero-order valence-electron chi connectivity index (χ0n) is 16.0. The van der Waals surface area contributed by atoms with Crippen molar-refractivity contribution < 1.29 is 22.7 Å². The third kappa shape index (κ3) is 3.94. The average molecular weight is 439 g/mol. The van der Waals surface area contributed by atoms with E-state index in [4.69, 9.17) is 9.47 Å². The summed E-state index contributed by atoms with van der Waals surface area (Å²) in [7, 11) is -3.69. The maximum Gasteiger partial charge on any atom is 0.267 e. The van der Waals surface area contributed by atoms with E-state index in [1.807, 2.05) is 6.92 Å². The zero-order valence-corrected chi connectivity index (χ0v) is 17.7. The van der Waals surface area contributed by atoms with Crippen LogP contribution in [0, 0.1) is 0 Å². The number of aromatic nitrogens is 2. The first-order valence-electron chi connectivity index (χ1n) is 9.51. The number of amides is 1. The maximum absolute atomic E-state index is 13.1. The molecular weight excluding hydrogens is 416 g/mol. The van der Waals surface area contributed by atoms with Gasteiger partial charge in [-0.25, -0.2) is 8.42 Å². The number of hydrogen-bond donors (Lipinski definition) is 0. The van der Waals surface area contributed by atoms with Crippen LogP contribution in [0.1, 0.15) is 28.7 Å². The lowest BCUT2D eigenvalue weighted by Crippen LogP contribution is -2.50. The smallest absolute Gasteiger partial charge is 0.267 e. The van der Waals surface area contributed by atoms with Crippen LogP contribution in [0.5, 0.6) is 11.5 Å². The van der Waals surface area contributed by atoms with Crippen LogP contribution in [0.4, 0.5) is 0 Å². The van der Waals surface area contributed by atoms with Crippen molar-refractivity contribution in [2.24, 2.45) is 0 Å². The van der Waals surface area contributed by atoms with Gasteiger partial charge in [0.05, 0.1) is 23.8 Å². The molecule has 3 heterocycles. The van der Waals surface area contributed by atoms with Crippen LogP contribution in [-0.4, -0.2) is 72.5 Å². The number of rotatable bonds is 4. The number of benzene rings is 1. The molecular formula is C18H22N4O5S2. The monoisotopic (exact) mass is 438 g/mol. The predicted molar refractivity (Wildman–Crippen MR) is 106 cm³/mol. The Morgan fingerprint density at radius 3 is 2.59 bits per heavy atom. The second-order valence-electron chi connectivity index (χ2n) is 6.76. The molecule has 4 rings (SSSR count). The first-order valence-corrected chi connectivity index (χ1v) is 11.7. The summed E-state index contributed by atoms with van der Waals surface area (Å²) in [4.78, 5) is 15.1. The van der Waals surface area contributed by atoms with Gasteiger partial charge in [-0.05, 0) is 30.1 Å². The predicted octanol–water partition coefficient (Wildman–Crippen LogP) is 1.41. The van der Waals surface area contributed by atoms with Crippen molar-refractivity contribution in [3.8, 4) is 11.5 Å². The van der Waals surface area contributed by atoms with Crippen LogP contribution in [-0.2, 0) is 16.4 Å². The van der Waals surface area contributed by atoms with Gasteiger partial charge in [0.2, 0.25) is 10.0 Å². The largest absolute Gasteiger partial charge is 0.490 e. The molecule has 0 bridgehead atoms. The van der Waals surface area contributed by atoms with Crippen molar-refractivity contribution in [3.63, 3.8) is 0 Å². The van der Waals surface area contributed by atoms with Crippen LogP contribution in [0.15, 0.2) is 23.1 Å². The molecule has 0 aliphatic carbocycles. The van der Waals surface area contributed by atoms with E-state index in [1.54, 1.807) is 11.0 Å². The average Bonchev–Trinajstić information content (AvgIpc) is 3.10. The second kappa shape index (κ2) is 8.25. The summed E-state index contributed by atoms with van der Waals surface area (Å²) in [6.07, 6.45) is 1.39. The van der Waals surface area contributed by atoms with Gasteiger partial charge in [0.15, 0.2) is 11.5 Å². The fourth-order valence-electron chi connectivity index (χ4n) is 3.33. The van der Waals surface area contributed by atoms with Gasteiger partial charge in [-0.15, -0.1) is 5.10 Å². The van der Waals surface area contributed by atoms with Gasteiger partial charge in [0.1, 0.15) is 4.88 Å². The van der Waals surface area contributed by atoms with E-state index >= 15 is 0 Å². The summed E-state index contributed by atoms with van der Waals surface area (Å²) < 4.78 is 42.6. The highest BCUT2D eigenvalue weighted by molar-refractivity contribution is 7.89. The topological polar surface area (TPSA) is 102 Å². The highest BCUT2D eigenvalue weighted by Crippen LogP contribution is 2.33. The lowest BCUT2D eigenvalue weighted by atomic mass is 10.2. The third-order valence-electron chi connectivity index (χ3n) is 4.97. The van der Waals surface area contributed by atoms with Crippen LogP contribution >= 0.6 is 11.5 Å². The van der Waals surface area contributed by atoms with Gasteiger partial charge in [-0.3, -0.25) is 4.79 Å². The molecule has 0 unspecified atom stereocenters. The van der Waals surface area contributed by atoms with Crippen molar-refractivity contribution in [3.05, 3.63) is 28.8 Å². The highest BCUT2D eigenvalue weighted by atomic mass is 32.2. The normalized spacial score (nSPS) is 17.8. The molecule has 2 aliphatic heterocycles. The second-order valence-corrected chi connectivity index (χ2v) is 9.45. The minimum Gasteiger partial charge on any atom is -0.490 e. The lowest BCUT2D eigenvalue weighted by Gasteiger charge is -2.33. The number of carbonyl (C=O) groups is 1.